The number of fused-ring (bicyclic) bond motifs is 1. The summed E-state index contributed by atoms with van der Waals surface area (Å²) in [6, 6.07) is 5.10. The van der Waals surface area contributed by atoms with Crippen molar-refractivity contribution >= 4 is 29.4 Å². The Morgan fingerprint density at radius 1 is 1.07 bits per heavy atom. The van der Waals surface area contributed by atoms with Crippen LogP contribution in [-0.4, -0.2) is 51.9 Å². The molecule has 1 aliphatic rings. The number of H-pyrrole nitrogens is 1. The third kappa shape index (κ3) is 3.37. The van der Waals surface area contributed by atoms with E-state index >= 15 is 0 Å². The average molecular weight is 396 g/mol. The number of rotatable bonds is 6. The minimum Gasteiger partial charge on any atom is -0.456 e. The highest BCUT2D eigenvalue weighted by Gasteiger charge is 2.41. The Morgan fingerprint density at radius 2 is 1.62 bits per heavy atom. The molecule has 1 unspecified atom stereocenters. The number of aryl methyl sites for hydroxylation is 1. The molecule has 1 aliphatic heterocycles. The van der Waals surface area contributed by atoms with Crippen molar-refractivity contribution in [2.75, 3.05) is 6.61 Å². The summed E-state index contributed by atoms with van der Waals surface area (Å²) in [5, 5.41) is 0. The summed E-state index contributed by atoms with van der Waals surface area (Å²) in [6.45, 7) is 5.51. The lowest BCUT2D eigenvalue weighted by Gasteiger charge is -2.20. The molecular formula is C21H20N2O6. The van der Waals surface area contributed by atoms with Gasteiger partial charge in [0.2, 0.25) is 5.78 Å². The zero-order chi connectivity index (χ0) is 21.5. The Balaban J connectivity index is 1.70. The number of nitrogens with zero attached hydrogens (tertiary/aromatic N) is 1. The van der Waals surface area contributed by atoms with E-state index in [9.17, 15) is 24.0 Å². The Bertz CT molecular complexity index is 1030. The van der Waals surface area contributed by atoms with Crippen molar-refractivity contribution in [2.24, 2.45) is 0 Å². The smallest absolute Gasteiger partial charge is 0.329 e. The van der Waals surface area contributed by atoms with Crippen molar-refractivity contribution in [3.05, 3.63) is 57.9 Å². The number of carbonyl (C=O) groups excluding carboxylic acids is 5. The van der Waals surface area contributed by atoms with Crippen molar-refractivity contribution in [1.29, 1.82) is 0 Å². The summed E-state index contributed by atoms with van der Waals surface area (Å²) in [6.07, 6.45) is 0. The fourth-order valence-electron chi connectivity index (χ4n) is 3.55. The molecule has 0 fully saturated rings. The maximum atomic E-state index is 12.5. The number of benzene rings is 1. The molecule has 0 aliphatic carbocycles. The van der Waals surface area contributed by atoms with E-state index in [4.69, 9.17) is 4.74 Å². The standard InChI is InChI=1S/C21H20N2O6/c1-10-17(13(4)24)11(2)22-18(10)16(25)9-29-21(28)12(3)23-19(26)14-7-5-6-8-15(14)20(23)27/h5-8,12,22H,9H2,1-4H3. The number of aromatic amines is 1. The lowest BCUT2D eigenvalue weighted by molar-refractivity contribution is -0.146. The van der Waals surface area contributed by atoms with Gasteiger partial charge in [-0.25, -0.2) is 4.79 Å². The second kappa shape index (κ2) is 7.46. The van der Waals surface area contributed by atoms with Crippen molar-refractivity contribution < 1.29 is 28.7 Å². The van der Waals surface area contributed by atoms with Gasteiger partial charge in [-0.15, -0.1) is 0 Å². The summed E-state index contributed by atoms with van der Waals surface area (Å²) >= 11 is 0. The summed E-state index contributed by atoms with van der Waals surface area (Å²) in [5.74, 6) is -2.72. The zero-order valence-corrected chi connectivity index (χ0v) is 16.5. The first-order valence-electron chi connectivity index (χ1n) is 9.02. The number of hydrogen-bond donors (Lipinski definition) is 1. The molecule has 2 aromatic rings. The van der Waals surface area contributed by atoms with Gasteiger partial charge in [0.15, 0.2) is 12.4 Å². The number of hydrogen-bond acceptors (Lipinski definition) is 6. The lowest BCUT2D eigenvalue weighted by atomic mass is 10.1. The second-order valence-electron chi connectivity index (χ2n) is 6.91. The van der Waals surface area contributed by atoms with Gasteiger partial charge in [0.1, 0.15) is 6.04 Å². The lowest BCUT2D eigenvalue weighted by Crippen LogP contribution is -2.44. The van der Waals surface area contributed by atoms with Gasteiger partial charge < -0.3 is 9.72 Å². The zero-order valence-electron chi connectivity index (χ0n) is 16.5. The highest BCUT2D eigenvalue weighted by atomic mass is 16.5. The molecular weight excluding hydrogens is 376 g/mol. The number of nitrogens with one attached hydrogen (secondary N) is 1. The number of aromatic nitrogens is 1. The number of ketones is 2. The maximum Gasteiger partial charge on any atom is 0.329 e. The maximum absolute atomic E-state index is 12.5. The first-order chi connectivity index (χ1) is 13.6. The molecule has 29 heavy (non-hydrogen) atoms. The Kier molecular flexibility index (Phi) is 5.19. The van der Waals surface area contributed by atoms with E-state index in [1.54, 1.807) is 26.0 Å². The quantitative estimate of drug-likeness (QED) is 0.455. The van der Waals surface area contributed by atoms with Gasteiger partial charge in [-0.2, -0.15) is 0 Å². The van der Waals surface area contributed by atoms with E-state index in [2.05, 4.69) is 4.98 Å². The van der Waals surface area contributed by atoms with Crippen LogP contribution in [0.2, 0.25) is 0 Å². The van der Waals surface area contributed by atoms with Crippen LogP contribution in [0.3, 0.4) is 0 Å². The third-order valence-electron chi connectivity index (χ3n) is 4.97. The number of Topliss-reactive ketones (excluding diaryl/α,β-unsaturated/α-hetero) is 2. The molecule has 1 aromatic heterocycles. The Labute approximate surface area is 166 Å². The number of ether oxygens (including phenoxy) is 1. The van der Waals surface area contributed by atoms with Crippen molar-refractivity contribution in [1.82, 2.24) is 9.88 Å². The van der Waals surface area contributed by atoms with Crippen LogP contribution >= 0.6 is 0 Å². The van der Waals surface area contributed by atoms with Gasteiger partial charge in [-0.3, -0.25) is 24.1 Å². The molecule has 1 aromatic carbocycles. The van der Waals surface area contributed by atoms with Crippen LogP contribution in [0.5, 0.6) is 0 Å². The van der Waals surface area contributed by atoms with E-state index in [0.717, 1.165) is 4.90 Å². The van der Waals surface area contributed by atoms with Crippen LogP contribution < -0.4 is 0 Å². The first kappa shape index (κ1) is 20.2. The van der Waals surface area contributed by atoms with Crippen LogP contribution in [0.1, 0.15) is 66.7 Å². The van der Waals surface area contributed by atoms with E-state index in [1.807, 2.05) is 0 Å². The molecule has 1 atom stereocenters. The highest BCUT2D eigenvalue weighted by molar-refractivity contribution is 6.22. The minimum absolute atomic E-state index is 0.174. The van der Waals surface area contributed by atoms with Crippen molar-refractivity contribution in [2.45, 2.75) is 33.7 Å². The van der Waals surface area contributed by atoms with Gasteiger partial charge in [-0.05, 0) is 45.4 Å². The molecule has 2 amide bonds. The van der Waals surface area contributed by atoms with E-state index < -0.39 is 36.2 Å². The molecule has 2 heterocycles. The third-order valence-corrected chi connectivity index (χ3v) is 4.97. The highest BCUT2D eigenvalue weighted by Crippen LogP contribution is 2.25. The molecule has 150 valence electrons. The van der Waals surface area contributed by atoms with Gasteiger partial charge in [0, 0.05) is 11.3 Å². The monoisotopic (exact) mass is 396 g/mol. The van der Waals surface area contributed by atoms with Gasteiger partial charge in [0.05, 0.1) is 16.8 Å². The van der Waals surface area contributed by atoms with Crippen molar-refractivity contribution in [3.8, 4) is 0 Å². The SMILES string of the molecule is CC(=O)c1c(C)[nH]c(C(=O)COC(=O)C(C)N2C(=O)c3ccccc3C2=O)c1C. The van der Waals surface area contributed by atoms with Crippen LogP contribution in [0, 0.1) is 13.8 Å². The average Bonchev–Trinajstić information content (AvgIpc) is 3.12. The van der Waals surface area contributed by atoms with E-state index in [1.165, 1.54) is 26.0 Å². The summed E-state index contributed by atoms with van der Waals surface area (Å²) < 4.78 is 5.05. The Hall–Kier alpha value is -3.55. The first-order valence-corrected chi connectivity index (χ1v) is 9.02. The summed E-state index contributed by atoms with van der Waals surface area (Å²) in [4.78, 5) is 65.1. The van der Waals surface area contributed by atoms with Crippen LogP contribution in [-0.2, 0) is 9.53 Å². The predicted molar refractivity (Wildman–Crippen MR) is 102 cm³/mol. The molecule has 0 radical (unpaired) electrons. The minimum atomic E-state index is -1.19. The topological polar surface area (TPSA) is 114 Å². The van der Waals surface area contributed by atoms with Gasteiger partial charge in [-0.1, -0.05) is 12.1 Å². The second-order valence-corrected chi connectivity index (χ2v) is 6.91. The number of imide groups is 1. The predicted octanol–water partition coefficient (Wildman–Crippen LogP) is 2.24. The van der Waals surface area contributed by atoms with Crippen LogP contribution in [0.25, 0.3) is 0 Å². The molecule has 3 rings (SSSR count). The largest absolute Gasteiger partial charge is 0.456 e. The van der Waals surface area contributed by atoms with Gasteiger partial charge >= 0.3 is 5.97 Å². The van der Waals surface area contributed by atoms with Crippen LogP contribution in [0.4, 0.5) is 0 Å². The molecule has 0 saturated heterocycles. The fraction of sp³-hybridized carbons (Fsp3) is 0.286. The summed E-state index contributed by atoms with van der Waals surface area (Å²) in [7, 11) is 0. The molecule has 8 nitrogen and oxygen atoms in total. The van der Waals surface area contributed by atoms with Gasteiger partial charge in [0.25, 0.3) is 11.8 Å². The summed E-state index contributed by atoms with van der Waals surface area (Å²) in [5.41, 5.74) is 2.12. The van der Waals surface area contributed by atoms with Crippen LogP contribution in [0.15, 0.2) is 24.3 Å². The molecule has 1 N–H and O–H groups in total. The van der Waals surface area contributed by atoms with E-state index in [0.29, 0.717) is 16.8 Å². The molecule has 0 bridgehead atoms. The Morgan fingerprint density at radius 3 is 2.10 bits per heavy atom. The normalized spacial score (nSPS) is 14.0. The molecule has 0 saturated carbocycles. The van der Waals surface area contributed by atoms with Crippen molar-refractivity contribution in [3.63, 3.8) is 0 Å². The van der Waals surface area contributed by atoms with E-state index in [-0.39, 0.29) is 22.6 Å². The molecule has 0 spiro atoms. The number of carbonyl (C=O) groups is 5. The fourth-order valence-corrected chi connectivity index (χ4v) is 3.55. The molecule has 8 heteroatoms. The number of amides is 2. The number of esters is 1.